The molecule has 17 heavy (non-hydrogen) atoms. The maximum atomic E-state index is 13.1. The van der Waals surface area contributed by atoms with E-state index in [-0.39, 0.29) is 5.91 Å². The van der Waals surface area contributed by atoms with Crippen molar-refractivity contribution < 1.29 is 13.6 Å². The minimum atomic E-state index is -0.951. The van der Waals surface area contributed by atoms with E-state index in [0.717, 1.165) is 12.1 Å². The second-order valence-corrected chi connectivity index (χ2v) is 4.59. The summed E-state index contributed by atoms with van der Waals surface area (Å²) in [7, 11) is 3.36. The summed E-state index contributed by atoms with van der Waals surface area (Å²) in [5.41, 5.74) is 2.09. The fraction of sp³-hybridized carbons (Fsp3) is 0.417. The average molecular weight is 242 g/mol. The highest BCUT2D eigenvalue weighted by Gasteiger charge is 2.30. The van der Waals surface area contributed by atoms with Gasteiger partial charge in [0.05, 0.1) is 5.41 Å². The number of hydrazine groups is 1. The minimum absolute atomic E-state index is 0.284. The first-order valence-electron chi connectivity index (χ1n) is 5.19. The van der Waals surface area contributed by atoms with E-state index < -0.39 is 17.0 Å². The molecule has 0 spiro atoms. The largest absolute Gasteiger partial charge is 0.289 e. The SMILES string of the molecule is CN(C)NC(=O)C(C)(C)c1ccc(F)c(F)c1. The van der Waals surface area contributed by atoms with E-state index in [4.69, 9.17) is 0 Å². The van der Waals surface area contributed by atoms with Gasteiger partial charge in [0.1, 0.15) is 0 Å². The summed E-state index contributed by atoms with van der Waals surface area (Å²) < 4.78 is 25.9. The van der Waals surface area contributed by atoms with Crippen LogP contribution in [-0.2, 0) is 10.2 Å². The lowest BCUT2D eigenvalue weighted by molar-refractivity contribution is -0.129. The predicted molar refractivity (Wildman–Crippen MR) is 61.2 cm³/mol. The topological polar surface area (TPSA) is 32.3 Å². The third-order valence-electron chi connectivity index (χ3n) is 2.53. The molecule has 5 heteroatoms. The number of rotatable bonds is 3. The second-order valence-electron chi connectivity index (χ2n) is 4.59. The lowest BCUT2D eigenvalue weighted by atomic mass is 9.84. The maximum absolute atomic E-state index is 13.1. The molecule has 1 N–H and O–H groups in total. The Kier molecular flexibility index (Phi) is 3.83. The number of nitrogens with zero attached hydrogens (tertiary/aromatic N) is 1. The first kappa shape index (κ1) is 13.6. The van der Waals surface area contributed by atoms with E-state index in [1.165, 1.54) is 11.1 Å². The Balaban J connectivity index is 3.03. The quantitative estimate of drug-likeness (QED) is 0.820. The highest BCUT2D eigenvalue weighted by molar-refractivity contribution is 5.86. The van der Waals surface area contributed by atoms with Crippen LogP contribution in [0.3, 0.4) is 0 Å². The van der Waals surface area contributed by atoms with E-state index in [9.17, 15) is 13.6 Å². The van der Waals surface area contributed by atoms with Crippen molar-refractivity contribution >= 4 is 5.91 Å². The maximum Gasteiger partial charge on any atom is 0.244 e. The van der Waals surface area contributed by atoms with Crippen LogP contribution in [0.2, 0.25) is 0 Å². The summed E-state index contributed by atoms with van der Waals surface area (Å²) in [5, 5.41) is 1.50. The van der Waals surface area contributed by atoms with Gasteiger partial charge in [0, 0.05) is 14.1 Å². The molecule has 0 saturated heterocycles. The standard InChI is InChI=1S/C12H16F2N2O/c1-12(2,11(17)15-16(3)4)8-5-6-9(13)10(14)7-8/h5-7H,1-4H3,(H,15,17). The van der Waals surface area contributed by atoms with Crippen molar-refractivity contribution in [3.8, 4) is 0 Å². The van der Waals surface area contributed by atoms with Crippen molar-refractivity contribution in [3.63, 3.8) is 0 Å². The first-order valence-corrected chi connectivity index (χ1v) is 5.19. The molecular weight excluding hydrogens is 226 g/mol. The summed E-state index contributed by atoms with van der Waals surface area (Å²) in [6.45, 7) is 3.30. The molecule has 3 nitrogen and oxygen atoms in total. The highest BCUT2D eigenvalue weighted by Crippen LogP contribution is 2.24. The monoisotopic (exact) mass is 242 g/mol. The van der Waals surface area contributed by atoms with Crippen molar-refractivity contribution in [2.24, 2.45) is 0 Å². The van der Waals surface area contributed by atoms with Gasteiger partial charge in [-0.05, 0) is 31.5 Å². The Morgan fingerprint density at radius 3 is 2.29 bits per heavy atom. The Morgan fingerprint density at radius 1 is 1.24 bits per heavy atom. The van der Waals surface area contributed by atoms with Crippen LogP contribution in [0.4, 0.5) is 8.78 Å². The molecule has 0 heterocycles. The fourth-order valence-electron chi connectivity index (χ4n) is 1.36. The molecule has 1 aromatic carbocycles. The van der Waals surface area contributed by atoms with Gasteiger partial charge < -0.3 is 0 Å². The number of carbonyl (C=O) groups is 1. The zero-order chi connectivity index (χ0) is 13.2. The number of hydrogen-bond acceptors (Lipinski definition) is 2. The molecular formula is C12H16F2N2O. The van der Waals surface area contributed by atoms with Gasteiger partial charge in [-0.1, -0.05) is 6.07 Å². The molecule has 1 amide bonds. The molecule has 0 atom stereocenters. The average Bonchev–Trinajstić information content (AvgIpc) is 2.20. The molecule has 1 rings (SSSR count). The summed E-state index contributed by atoms with van der Waals surface area (Å²) >= 11 is 0. The number of benzene rings is 1. The molecule has 0 radical (unpaired) electrons. The van der Waals surface area contributed by atoms with Crippen LogP contribution >= 0.6 is 0 Å². The fourth-order valence-corrected chi connectivity index (χ4v) is 1.36. The molecule has 0 saturated carbocycles. The van der Waals surface area contributed by atoms with Crippen LogP contribution < -0.4 is 5.43 Å². The number of halogens is 2. The molecule has 0 aliphatic carbocycles. The van der Waals surface area contributed by atoms with Crippen molar-refractivity contribution in [1.29, 1.82) is 0 Å². The molecule has 0 aliphatic rings. The van der Waals surface area contributed by atoms with Gasteiger partial charge >= 0.3 is 0 Å². The Labute approximate surface area is 99.4 Å². The van der Waals surface area contributed by atoms with Gasteiger partial charge in [-0.25, -0.2) is 13.8 Å². The third kappa shape index (κ3) is 3.00. The van der Waals surface area contributed by atoms with Crippen LogP contribution in [0, 0.1) is 11.6 Å². The van der Waals surface area contributed by atoms with Crippen LogP contribution in [0.15, 0.2) is 18.2 Å². The summed E-state index contributed by atoms with van der Waals surface area (Å²) in [6, 6.07) is 3.48. The predicted octanol–water partition coefficient (Wildman–Crippen LogP) is 1.84. The van der Waals surface area contributed by atoms with Crippen molar-refractivity contribution in [2.45, 2.75) is 19.3 Å². The van der Waals surface area contributed by atoms with Crippen molar-refractivity contribution in [3.05, 3.63) is 35.4 Å². The smallest absolute Gasteiger partial charge is 0.244 e. The van der Waals surface area contributed by atoms with E-state index >= 15 is 0 Å². The second kappa shape index (κ2) is 4.79. The Morgan fingerprint density at radius 2 is 1.82 bits per heavy atom. The zero-order valence-corrected chi connectivity index (χ0v) is 10.3. The summed E-state index contributed by atoms with van der Waals surface area (Å²) in [5.74, 6) is -2.15. The van der Waals surface area contributed by atoms with Gasteiger partial charge in [-0.2, -0.15) is 0 Å². The molecule has 94 valence electrons. The third-order valence-corrected chi connectivity index (χ3v) is 2.53. The van der Waals surface area contributed by atoms with Crippen LogP contribution in [0.1, 0.15) is 19.4 Å². The number of hydrogen-bond donors (Lipinski definition) is 1. The van der Waals surface area contributed by atoms with Gasteiger partial charge in [0.2, 0.25) is 5.91 Å². The minimum Gasteiger partial charge on any atom is -0.289 e. The lowest BCUT2D eigenvalue weighted by Crippen LogP contribution is -2.46. The highest BCUT2D eigenvalue weighted by atomic mass is 19.2. The van der Waals surface area contributed by atoms with Crippen molar-refractivity contribution in [2.75, 3.05) is 14.1 Å². The number of amides is 1. The van der Waals surface area contributed by atoms with Crippen molar-refractivity contribution in [1.82, 2.24) is 10.4 Å². The van der Waals surface area contributed by atoms with Crippen LogP contribution in [0.25, 0.3) is 0 Å². The molecule has 1 aromatic rings. The summed E-state index contributed by atoms with van der Waals surface area (Å²) in [6.07, 6.45) is 0. The van der Waals surface area contributed by atoms with Gasteiger partial charge in [-0.15, -0.1) is 0 Å². The number of carbonyl (C=O) groups excluding carboxylic acids is 1. The Hall–Kier alpha value is -1.49. The lowest BCUT2D eigenvalue weighted by Gasteiger charge is -2.26. The molecule has 0 bridgehead atoms. The van der Waals surface area contributed by atoms with E-state index in [0.29, 0.717) is 5.56 Å². The molecule has 0 aliphatic heterocycles. The van der Waals surface area contributed by atoms with E-state index in [2.05, 4.69) is 5.43 Å². The van der Waals surface area contributed by atoms with E-state index in [1.54, 1.807) is 27.9 Å². The van der Waals surface area contributed by atoms with Gasteiger partial charge in [0.15, 0.2) is 11.6 Å². The van der Waals surface area contributed by atoms with Gasteiger partial charge in [0.25, 0.3) is 0 Å². The molecule has 0 fully saturated rings. The molecule has 0 aromatic heterocycles. The van der Waals surface area contributed by atoms with Crippen LogP contribution in [-0.4, -0.2) is 25.0 Å². The van der Waals surface area contributed by atoms with E-state index in [1.807, 2.05) is 0 Å². The first-order chi connectivity index (χ1) is 7.75. The normalized spacial score (nSPS) is 11.7. The summed E-state index contributed by atoms with van der Waals surface area (Å²) in [4.78, 5) is 11.9. The van der Waals surface area contributed by atoms with Gasteiger partial charge in [-0.3, -0.25) is 10.2 Å². The zero-order valence-electron chi connectivity index (χ0n) is 10.3. The van der Waals surface area contributed by atoms with Crippen LogP contribution in [0.5, 0.6) is 0 Å². The molecule has 0 unspecified atom stereocenters. The Bertz CT molecular complexity index is 431. The number of nitrogens with one attached hydrogen (secondary N) is 1.